The van der Waals surface area contributed by atoms with E-state index in [9.17, 15) is 4.79 Å². The number of anilines is 1. The van der Waals surface area contributed by atoms with Gasteiger partial charge in [0.05, 0.1) is 13.2 Å². The minimum Gasteiger partial charge on any atom is -0.497 e. The van der Waals surface area contributed by atoms with E-state index < -0.39 is 0 Å². The Hall–Kier alpha value is -3.41. The minimum atomic E-state index is -0.0619. The Bertz CT molecular complexity index is 1060. The van der Waals surface area contributed by atoms with Crippen molar-refractivity contribution in [3.8, 4) is 16.9 Å². The largest absolute Gasteiger partial charge is 0.497 e. The Morgan fingerprint density at radius 1 is 1.06 bits per heavy atom. The number of rotatable bonds is 6. The van der Waals surface area contributed by atoms with Crippen LogP contribution in [-0.2, 0) is 4.79 Å². The number of methoxy groups -OCH3 is 1. The Morgan fingerprint density at radius 3 is 2.47 bits per heavy atom. The third-order valence-corrected chi connectivity index (χ3v) is 6.09. The highest BCUT2D eigenvalue weighted by Gasteiger charge is 2.27. The van der Waals surface area contributed by atoms with Crippen molar-refractivity contribution in [3.05, 3.63) is 72.1 Å². The van der Waals surface area contributed by atoms with Crippen LogP contribution in [0.25, 0.3) is 11.1 Å². The van der Waals surface area contributed by atoms with Gasteiger partial charge in [-0.1, -0.05) is 42.0 Å². The van der Waals surface area contributed by atoms with Gasteiger partial charge in [-0.25, -0.2) is 9.97 Å². The van der Waals surface area contributed by atoms with E-state index in [0.717, 1.165) is 54.3 Å². The molecule has 32 heavy (non-hydrogen) atoms. The number of amides is 1. The molecule has 2 aromatic carbocycles. The molecule has 1 aromatic heterocycles. The van der Waals surface area contributed by atoms with E-state index in [4.69, 9.17) is 4.74 Å². The van der Waals surface area contributed by atoms with E-state index in [0.29, 0.717) is 0 Å². The lowest BCUT2D eigenvalue weighted by atomic mass is 9.95. The van der Waals surface area contributed by atoms with Crippen molar-refractivity contribution in [3.63, 3.8) is 0 Å². The number of aromatic nitrogens is 2. The van der Waals surface area contributed by atoms with Crippen LogP contribution in [0.5, 0.6) is 5.75 Å². The van der Waals surface area contributed by atoms with E-state index in [2.05, 4.69) is 45.3 Å². The van der Waals surface area contributed by atoms with Crippen molar-refractivity contribution in [2.45, 2.75) is 32.7 Å². The van der Waals surface area contributed by atoms with Crippen LogP contribution in [0.4, 0.5) is 5.95 Å². The van der Waals surface area contributed by atoms with Gasteiger partial charge in [0.1, 0.15) is 5.75 Å². The molecule has 1 N–H and O–H groups in total. The average Bonchev–Trinajstić information content (AvgIpc) is 2.84. The van der Waals surface area contributed by atoms with Gasteiger partial charge in [0.15, 0.2) is 0 Å². The summed E-state index contributed by atoms with van der Waals surface area (Å²) < 4.78 is 5.29. The average molecular weight is 431 g/mol. The molecule has 1 saturated heterocycles. The topological polar surface area (TPSA) is 67.3 Å². The molecule has 6 heteroatoms. The van der Waals surface area contributed by atoms with E-state index in [1.165, 1.54) is 5.56 Å². The summed E-state index contributed by atoms with van der Waals surface area (Å²) in [5.74, 6) is 1.64. The molecule has 1 amide bonds. The van der Waals surface area contributed by atoms with E-state index in [1.807, 2.05) is 49.6 Å². The number of benzene rings is 2. The molecule has 1 aliphatic rings. The van der Waals surface area contributed by atoms with Gasteiger partial charge in [0.2, 0.25) is 11.9 Å². The maximum atomic E-state index is 12.8. The van der Waals surface area contributed by atoms with Crippen LogP contribution in [0.1, 0.15) is 36.9 Å². The fraction of sp³-hybridized carbons (Fsp3) is 0.346. The summed E-state index contributed by atoms with van der Waals surface area (Å²) in [6.07, 6.45) is 5.34. The van der Waals surface area contributed by atoms with Crippen LogP contribution in [0.2, 0.25) is 0 Å². The van der Waals surface area contributed by atoms with Crippen molar-refractivity contribution in [1.82, 2.24) is 15.3 Å². The Morgan fingerprint density at radius 2 is 1.78 bits per heavy atom. The lowest BCUT2D eigenvalue weighted by Crippen LogP contribution is -2.41. The molecular formula is C26H30N4O2. The first-order chi connectivity index (χ1) is 15.5. The van der Waals surface area contributed by atoms with Gasteiger partial charge in [-0.05, 0) is 49.9 Å². The maximum Gasteiger partial charge on any atom is 0.225 e. The van der Waals surface area contributed by atoms with E-state index >= 15 is 0 Å². The van der Waals surface area contributed by atoms with Crippen molar-refractivity contribution < 1.29 is 9.53 Å². The smallest absolute Gasteiger partial charge is 0.225 e. The summed E-state index contributed by atoms with van der Waals surface area (Å²) in [7, 11) is 1.65. The van der Waals surface area contributed by atoms with Crippen LogP contribution in [0.3, 0.4) is 0 Å². The third-order valence-electron chi connectivity index (χ3n) is 6.09. The SMILES string of the molecule is COc1cccc([C@H](C)NC(=O)C2CCN(c3ncc(-c4cccc(C)c4)cn3)CC2)c1. The first kappa shape index (κ1) is 21.8. The van der Waals surface area contributed by atoms with Crippen LogP contribution in [0.15, 0.2) is 60.9 Å². The molecule has 0 bridgehead atoms. The van der Waals surface area contributed by atoms with Gasteiger partial charge in [0.25, 0.3) is 0 Å². The van der Waals surface area contributed by atoms with Crippen LogP contribution >= 0.6 is 0 Å². The normalized spacial score (nSPS) is 15.3. The van der Waals surface area contributed by atoms with Crippen LogP contribution in [0, 0.1) is 12.8 Å². The molecular weight excluding hydrogens is 400 g/mol. The second kappa shape index (κ2) is 9.81. The molecule has 0 unspecified atom stereocenters. The number of aryl methyl sites for hydroxylation is 1. The van der Waals surface area contributed by atoms with Gasteiger partial charge in [-0.15, -0.1) is 0 Å². The zero-order chi connectivity index (χ0) is 22.5. The molecule has 0 radical (unpaired) electrons. The summed E-state index contributed by atoms with van der Waals surface area (Å²) in [5.41, 5.74) is 4.39. The van der Waals surface area contributed by atoms with Gasteiger partial charge in [-0.3, -0.25) is 4.79 Å². The summed E-state index contributed by atoms with van der Waals surface area (Å²) in [5, 5.41) is 3.16. The number of hydrogen-bond acceptors (Lipinski definition) is 5. The summed E-state index contributed by atoms with van der Waals surface area (Å²) in [6, 6.07) is 16.1. The number of nitrogens with zero attached hydrogens (tertiary/aromatic N) is 3. The summed E-state index contributed by atoms with van der Waals surface area (Å²) in [6.45, 7) is 5.63. The molecule has 1 atom stereocenters. The zero-order valence-corrected chi connectivity index (χ0v) is 18.9. The van der Waals surface area contributed by atoms with Crippen molar-refractivity contribution in [1.29, 1.82) is 0 Å². The van der Waals surface area contributed by atoms with Gasteiger partial charge < -0.3 is 15.0 Å². The summed E-state index contributed by atoms with van der Waals surface area (Å²) >= 11 is 0. The lowest BCUT2D eigenvalue weighted by Gasteiger charge is -2.32. The second-order valence-electron chi connectivity index (χ2n) is 8.41. The minimum absolute atomic E-state index is 0.00544. The van der Waals surface area contributed by atoms with Crippen LogP contribution in [-0.4, -0.2) is 36.1 Å². The molecule has 4 rings (SSSR count). The maximum absolute atomic E-state index is 12.8. The van der Waals surface area contributed by atoms with Gasteiger partial charge in [-0.2, -0.15) is 0 Å². The molecule has 1 aliphatic heterocycles. The monoisotopic (exact) mass is 430 g/mol. The molecule has 166 valence electrons. The molecule has 0 spiro atoms. The third kappa shape index (κ3) is 5.07. The molecule has 6 nitrogen and oxygen atoms in total. The zero-order valence-electron chi connectivity index (χ0n) is 18.9. The number of carbonyl (C=O) groups excluding carboxylic acids is 1. The highest BCUT2D eigenvalue weighted by molar-refractivity contribution is 5.79. The molecule has 2 heterocycles. The highest BCUT2D eigenvalue weighted by atomic mass is 16.5. The number of piperidine rings is 1. The second-order valence-corrected chi connectivity index (χ2v) is 8.41. The predicted octanol–water partition coefficient (Wildman–Crippen LogP) is 4.55. The Kier molecular flexibility index (Phi) is 6.69. The molecule has 0 aliphatic carbocycles. The fourth-order valence-electron chi connectivity index (χ4n) is 4.13. The van der Waals surface area contributed by atoms with E-state index in [1.54, 1.807) is 7.11 Å². The van der Waals surface area contributed by atoms with Crippen LogP contribution < -0.4 is 15.0 Å². The first-order valence-electron chi connectivity index (χ1n) is 11.1. The van der Waals surface area contributed by atoms with E-state index in [-0.39, 0.29) is 17.9 Å². The number of ether oxygens (including phenoxy) is 1. The van der Waals surface area contributed by atoms with Gasteiger partial charge >= 0.3 is 0 Å². The molecule has 3 aromatic rings. The first-order valence-corrected chi connectivity index (χ1v) is 11.1. The highest BCUT2D eigenvalue weighted by Crippen LogP contribution is 2.25. The number of hydrogen-bond donors (Lipinski definition) is 1. The van der Waals surface area contributed by atoms with Crippen molar-refractivity contribution >= 4 is 11.9 Å². The number of carbonyl (C=O) groups is 1. The predicted molar refractivity (Wildman–Crippen MR) is 127 cm³/mol. The lowest BCUT2D eigenvalue weighted by molar-refractivity contribution is -0.126. The quantitative estimate of drug-likeness (QED) is 0.621. The summed E-state index contributed by atoms with van der Waals surface area (Å²) in [4.78, 5) is 24.1. The standard InChI is InChI=1S/C26H30N4O2/c1-18-6-4-8-22(14-18)23-16-27-26(28-17-23)30-12-10-20(11-13-30)25(31)29-19(2)21-7-5-9-24(15-21)32-3/h4-9,14-17,19-20H,10-13H2,1-3H3,(H,29,31)/t19-/m0/s1. The number of nitrogens with one attached hydrogen (secondary N) is 1. The van der Waals surface area contributed by atoms with Crippen molar-refractivity contribution in [2.24, 2.45) is 5.92 Å². The molecule has 0 saturated carbocycles. The van der Waals surface area contributed by atoms with Gasteiger partial charge in [0, 0.05) is 37.0 Å². The Balaban J connectivity index is 1.32. The molecule has 1 fully saturated rings. The van der Waals surface area contributed by atoms with Crippen molar-refractivity contribution in [2.75, 3.05) is 25.1 Å². The fourth-order valence-corrected chi connectivity index (χ4v) is 4.13. The Labute approximate surface area is 189 Å².